The van der Waals surface area contributed by atoms with E-state index in [1.54, 1.807) is 0 Å². The summed E-state index contributed by atoms with van der Waals surface area (Å²) in [6.45, 7) is 0.144. The standard InChI is InChI=1S/C10H13ClN4O3/c11-9-8(15(17)18)10(13-5-12-9)14-7-2-1-6(3-7)4-16/h5-7,16H,1-4H2,(H,12,13,14). The van der Waals surface area contributed by atoms with Crippen molar-refractivity contribution in [3.8, 4) is 0 Å². The molecule has 1 aliphatic rings. The molecule has 0 radical (unpaired) electrons. The number of nitrogens with zero attached hydrogens (tertiary/aromatic N) is 3. The van der Waals surface area contributed by atoms with Gasteiger partial charge in [-0.2, -0.15) is 0 Å². The summed E-state index contributed by atoms with van der Waals surface area (Å²) in [6.07, 6.45) is 3.72. The van der Waals surface area contributed by atoms with Gasteiger partial charge in [0.1, 0.15) is 6.33 Å². The van der Waals surface area contributed by atoms with E-state index in [0.29, 0.717) is 0 Å². The first kappa shape index (κ1) is 13.0. The SMILES string of the molecule is O=[N+]([O-])c1c(Cl)ncnc1NC1CCC(CO)C1. The van der Waals surface area contributed by atoms with Crippen LogP contribution in [-0.4, -0.2) is 32.6 Å². The Morgan fingerprint density at radius 1 is 1.56 bits per heavy atom. The van der Waals surface area contributed by atoms with Gasteiger partial charge in [-0.05, 0) is 25.2 Å². The number of hydrogen-bond donors (Lipinski definition) is 2. The summed E-state index contributed by atoms with van der Waals surface area (Å²) in [6, 6.07) is 0.0758. The molecule has 1 aliphatic carbocycles. The first-order valence-electron chi connectivity index (χ1n) is 5.64. The molecule has 7 nitrogen and oxygen atoms in total. The first-order valence-corrected chi connectivity index (χ1v) is 6.02. The number of aliphatic hydroxyl groups excluding tert-OH is 1. The van der Waals surface area contributed by atoms with Gasteiger partial charge in [-0.1, -0.05) is 11.6 Å². The molecule has 1 aromatic heterocycles. The molecule has 2 atom stereocenters. The van der Waals surface area contributed by atoms with Crippen LogP contribution in [0, 0.1) is 16.0 Å². The first-order chi connectivity index (χ1) is 8.61. The zero-order valence-electron chi connectivity index (χ0n) is 9.54. The monoisotopic (exact) mass is 272 g/mol. The molecule has 0 bridgehead atoms. The summed E-state index contributed by atoms with van der Waals surface area (Å²) in [5, 5.41) is 22.8. The Bertz CT molecular complexity index is 457. The fourth-order valence-corrected chi connectivity index (χ4v) is 2.39. The smallest absolute Gasteiger partial charge is 0.348 e. The van der Waals surface area contributed by atoms with E-state index in [-0.39, 0.29) is 35.2 Å². The van der Waals surface area contributed by atoms with E-state index < -0.39 is 4.92 Å². The molecule has 1 fully saturated rings. The van der Waals surface area contributed by atoms with Crippen LogP contribution in [0.5, 0.6) is 0 Å². The quantitative estimate of drug-likeness (QED) is 0.490. The van der Waals surface area contributed by atoms with Gasteiger partial charge in [-0.3, -0.25) is 10.1 Å². The average molecular weight is 273 g/mol. The Morgan fingerprint density at radius 2 is 2.33 bits per heavy atom. The third-order valence-corrected chi connectivity index (χ3v) is 3.38. The third kappa shape index (κ3) is 2.68. The summed E-state index contributed by atoms with van der Waals surface area (Å²) >= 11 is 5.69. The molecule has 18 heavy (non-hydrogen) atoms. The van der Waals surface area contributed by atoms with Crippen LogP contribution in [0.25, 0.3) is 0 Å². The van der Waals surface area contributed by atoms with Gasteiger partial charge in [0.2, 0.25) is 11.0 Å². The maximum Gasteiger partial charge on any atom is 0.348 e. The van der Waals surface area contributed by atoms with E-state index >= 15 is 0 Å². The van der Waals surface area contributed by atoms with Crippen LogP contribution >= 0.6 is 11.6 Å². The lowest BCUT2D eigenvalue weighted by molar-refractivity contribution is -0.384. The number of nitrogens with one attached hydrogen (secondary N) is 1. The van der Waals surface area contributed by atoms with Crippen molar-refractivity contribution in [2.24, 2.45) is 5.92 Å². The van der Waals surface area contributed by atoms with Crippen LogP contribution in [-0.2, 0) is 0 Å². The van der Waals surface area contributed by atoms with Crippen molar-refractivity contribution in [2.75, 3.05) is 11.9 Å². The van der Waals surface area contributed by atoms with Gasteiger partial charge in [-0.15, -0.1) is 0 Å². The van der Waals surface area contributed by atoms with Gasteiger partial charge in [0, 0.05) is 12.6 Å². The number of aromatic nitrogens is 2. The van der Waals surface area contributed by atoms with Crippen LogP contribution in [0.15, 0.2) is 6.33 Å². The van der Waals surface area contributed by atoms with Crippen LogP contribution < -0.4 is 5.32 Å². The molecule has 2 N–H and O–H groups in total. The minimum Gasteiger partial charge on any atom is -0.396 e. The molecule has 0 saturated heterocycles. The molecule has 0 aromatic carbocycles. The van der Waals surface area contributed by atoms with Crippen molar-refractivity contribution in [1.29, 1.82) is 0 Å². The predicted octanol–water partition coefficient (Wildman–Crippen LogP) is 1.61. The largest absolute Gasteiger partial charge is 0.396 e. The molecule has 1 aromatic rings. The van der Waals surface area contributed by atoms with E-state index in [4.69, 9.17) is 16.7 Å². The molecule has 1 saturated carbocycles. The van der Waals surface area contributed by atoms with E-state index in [9.17, 15) is 10.1 Å². The van der Waals surface area contributed by atoms with Crippen LogP contribution in [0.1, 0.15) is 19.3 Å². The second kappa shape index (κ2) is 5.45. The molecule has 0 aliphatic heterocycles. The van der Waals surface area contributed by atoms with Crippen molar-refractivity contribution >= 4 is 23.1 Å². The van der Waals surface area contributed by atoms with Gasteiger partial charge in [-0.25, -0.2) is 9.97 Å². The summed E-state index contributed by atoms with van der Waals surface area (Å²) in [5.74, 6) is 0.391. The Morgan fingerprint density at radius 3 is 2.94 bits per heavy atom. The summed E-state index contributed by atoms with van der Waals surface area (Å²) < 4.78 is 0. The van der Waals surface area contributed by atoms with Crippen molar-refractivity contribution in [3.05, 3.63) is 21.6 Å². The van der Waals surface area contributed by atoms with Crippen molar-refractivity contribution in [1.82, 2.24) is 9.97 Å². The number of rotatable bonds is 4. The van der Waals surface area contributed by atoms with Gasteiger partial charge < -0.3 is 10.4 Å². The highest BCUT2D eigenvalue weighted by molar-refractivity contribution is 6.31. The molecule has 0 spiro atoms. The topological polar surface area (TPSA) is 101 Å². The highest BCUT2D eigenvalue weighted by atomic mass is 35.5. The normalized spacial score (nSPS) is 23.0. The number of hydrogen-bond acceptors (Lipinski definition) is 6. The minimum absolute atomic E-state index is 0.0758. The minimum atomic E-state index is -0.594. The highest BCUT2D eigenvalue weighted by Gasteiger charge is 2.28. The third-order valence-electron chi connectivity index (χ3n) is 3.10. The summed E-state index contributed by atoms with van der Waals surface area (Å²) in [4.78, 5) is 17.8. The highest BCUT2D eigenvalue weighted by Crippen LogP contribution is 2.32. The fourth-order valence-electron chi connectivity index (χ4n) is 2.19. The van der Waals surface area contributed by atoms with Crippen molar-refractivity contribution in [2.45, 2.75) is 25.3 Å². The van der Waals surface area contributed by atoms with Gasteiger partial charge >= 0.3 is 5.69 Å². The van der Waals surface area contributed by atoms with E-state index in [1.807, 2.05) is 0 Å². The van der Waals surface area contributed by atoms with Gasteiger partial charge in [0.15, 0.2) is 0 Å². The molecule has 2 unspecified atom stereocenters. The predicted molar refractivity (Wildman–Crippen MR) is 65.5 cm³/mol. The molecular weight excluding hydrogens is 260 g/mol. The molecule has 98 valence electrons. The zero-order chi connectivity index (χ0) is 13.1. The van der Waals surface area contributed by atoms with E-state index in [1.165, 1.54) is 6.33 Å². The van der Waals surface area contributed by atoms with Crippen molar-refractivity contribution in [3.63, 3.8) is 0 Å². The molecule has 2 rings (SSSR count). The van der Waals surface area contributed by atoms with Gasteiger partial charge in [0.25, 0.3) is 0 Å². The molecule has 8 heteroatoms. The lowest BCUT2D eigenvalue weighted by Crippen LogP contribution is -2.18. The maximum atomic E-state index is 10.9. The fraction of sp³-hybridized carbons (Fsp3) is 0.600. The van der Waals surface area contributed by atoms with E-state index in [2.05, 4.69) is 15.3 Å². The second-order valence-electron chi connectivity index (χ2n) is 4.32. The summed E-state index contributed by atoms with van der Waals surface area (Å²) in [5.41, 5.74) is -0.299. The average Bonchev–Trinajstić information content (AvgIpc) is 2.76. The zero-order valence-corrected chi connectivity index (χ0v) is 10.3. The number of nitro groups is 1. The summed E-state index contributed by atoms with van der Waals surface area (Å²) in [7, 11) is 0. The van der Waals surface area contributed by atoms with Crippen LogP contribution in [0.3, 0.4) is 0 Å². The number of anilines is 1. The van der Waals surface area contributed by atoms with E-state index in [0.717, 1.165) is 19.3 Å². The molecule has 0 amide bonds. The van der Waals surface area contributed by atoms with Gasteiger partial charge in [0.05, 0.1) is 4.92 Å². The maximum absolute atomic E-state index is 10.9. The van der Waals surface area contributed by atoms with Crippen LogP contribution in [0.4, 0.5) is 11.5 Å². The Labute approximate surface area is 108 Å². The second-order valence-corrected chi connectivity index (χ2v) is 4.68. The van der Waals surface area contributed by atoms with Crippen LogP contribution in [0.2, 0.25) is 5.15 Å². The Balaban J connectivity index is 2.15. The lowest BCUT2D eigenvalue weighted by Gasteiger charge is -2.13. The Hall–Kier alpha value is -1.47. The molecule has 1 heterocycles. The molecular formula is C10H13ClN4O3. The number of aliphatic hydroxyl groups is 1. The Kier molecular flexibility index (Phi) is 3.93. The van der Waals surface area contributed by atoms with Crippen molar-refractivity contribution < 1.29 is 10.0 Å². The number of halogens is 1. The lowest BCUT2D eigenvalue weighted by atomic mass is 10.1.